The molecule has 0 saturated heterocycles. The monoisotopic (exact) mass is 372 g/mol. The fourth-order valence-electron chi connectivity index (χ4n) is 6.14. The SMILES string of the molecule is CC(C)C1=Cc2ccc3c(-c4ccc(C5CCCCC5)cc4)c2C1[Si]3(C)C. The molecular formula is C26H32Si. The molecule has 1 unspecified atom stereocenters. The van der Waals surface area contributed by atoms with Crippen LogP contribution in [0.15, 0.2) is 42.0 Å². The predicted molar refractivity (Wildman–Crippen MR) is 120 cm³/mol. The Hall–Kier alpha value is -1.60. The van der Waals surface area contributed by atoms with Gasteiger partial charge >= 0.3 is 0 Å². The van der Waals surface area contributed by atoms with Gasteiger partial charge in [-0.3, -0.25) is 0 Å². The molecule has 5 rings (SSSR count). The second-order valence-corrected chi connectivity index (χ2v) is 14.5. The fraction of sp³-hybridized carbons (Fsp3) is 0.462. The molecule has 3 aliphatic rings. The number of benzene rings is 2. The van der Waals surface area contributed by atoms with Crippen molar-refractivity contribution in [2.75, 3.05) is 0 Å². The highest BCUT2D eigenvalue weighted by molar-refractivity contribution is 6.94. The molecule has 2 bridgehead atoms. The summed E-state index contributed by atoms with van der Waals surface area (Å²) in [5, 5.41) is 1.68. The van der Waals surface area contributed by atoms with E-state index in [1.807, 2.05) is 0 Å². The van der Waals surface area contributed by atoms with Gasteiger partial charge < -0.3 is 0 Å². The van der Waals surface area contributed by atoms with Gasteiger partial charge in [0, 0.05) is 5.54 Å². The lowest BCUT2D eigenvalue weighted by Crippen LogP contribution is -2.44. The molecule has 0 N–H and O–H groups in total. The van der Waals surface area contributed by atoms with Crippen LogP contribution in [0.1, 0.15) is 74.1 Å². The van der Waals surface area contributed by atoms with Crippen molar-refractivity contribution in [3.8, 4) is 11.1 Å². The third-order valence-corrected chi connectivity index (χ3v) is 11.5. The normalized spacial score (nSPS) is 23.1. The maximum Gasteiger partial charge on any atom is 0.0931 e. The Labute approximate surface area is 165 Å². The largest absolute Gasteiger partial charge is 0.0931 e. The lowest BCUT2D eigenvalue weighted by molar-refractivity contribution is 0.443. The Bertz CT molecular complexity index is 908. The molecule has 0 aromatic heterocycles. The molecule has 0 spiro atoms. The van der Waals surface area contributed by atoms with Crippen LogP contribution >= 0.6 is 0 Å². The number of fused-ring (bicyclic) bond motifs is 1. The van der Waals surface area contributed by atoms with Crippen LogP contribution in [0.2, 0.25) is 13.1 Å². The number of hydrogen-bond acceptors (Lipinski definition) is 0. The molecule has 27 heavy (non-hydrogen) atoms. The molecule has 1 heteroatoms. The van der Waals surface area contributed by atoms with Crippen LogP contribution in [0.4, 0.5) is 0 Å². The van der Waals surface area contributed by atoms with Gasteiger partial charge in [-0.05, 0) is 52.5 Å². The molecule has 1 fully saturated rings. The standard InChI is InChI=1S/C26H32Si/c1-17(2)22-16-21-14-15-23-24(25(21)26(22)27(23,3)4)20-12-10-19(11-13-20)18-8-6-5-7-9-18/h10-18,26H,5-9H2,1-4H3. The summed E-state index contributed by atoms with van der Waals surface area (Å²) in [6.07, 6.45) is 9.54. The molecule has 1 atom stereocenters. The molecule has 0 amide bonds. The van der Waals surface area contributed by atoms with E-state index in [2.05, 4.69) is 69.4 Å². The predicted octanol–water partition coefficient (Wildman–Crippen LogP) is 7.01. The summed E-state index contributed by atoms with van der Waals surface area (Å²) in [5.41, 5.74) is 10.2. The first-order chi connectivity index (χ1) is 13.0. The summed E-state index contributed by atoms with van der Waals surface area (Å²) in [5.74, 6) is 1.45. The third-order valence-electron chi connectivity index (χ3n) is 7.58. The van der Waals surface area contributed by atoms with E-state index in [9.17, 15) is 0 Å². The highest BCUT2D eigenvalue weighted by atomic mass is 28.3. The highest BCUT2D eigenvalue weighted by Gasteiger charge is 2.49. The number of allylic oxidation sites excluding steroid dienone is 1. The molecule has 140 valence electrons. The maximum absolute atomic E-state index is 2.59. The minimum atomic E-state index is -1.51. The van der Waals surface area contributed by atoms with Crippen molar-refractivity contribution in [2.45, 2.75) is 70.5 Å². The average Bonchev–Trinajstić information content (AvgIpc) is 3.15. The van der Waals surface area contributed by atoms with Crippen molar-refractivity contribution in [1.29, 1.82) is 0 Å². The zero-order chi connectivity index (χ0) is 18.8. The van der Waals surface area contributed by atoms with Crippen molar-refractivity contribution in [3.63, 3.8) is 0 Å². The van der Waals surface area contributed by atoms with Crippen molar-refractivity contribution >= 4 is 19.3 Å². The summed E-state index contributed by atoms with van der Waals surface area (Å²) in [6, 6.07) is 14.6. The van der Waals surface area contributed by atoms with Crippen LogP contribution in [0, 0.1) is 5.92 Å². The zero-order valence-corrected chi connectivity index (χ0v) is 18.3. The Morgan fingerprint density at radius 1 is 0.889 bits per heavy atom. The molecule has 2 aromatic carbocycles. The maximum atomic E-state index is 2.59. The minimum Gasteiger partial charge on any atom is -0.0647 e. The van der Waals surface area contributed by atoms with Gasteiger partial charge in [0.25, 0.3) is 0 Å². The van der Waals surface area contributed by atoms with E-state index in [0.717, 1.165) is 5.92 Å². The molecule has 2 aliphatic carbocycles. The second kappa shape index (κ2) is 6.20. The smallest absolute Gasteiger partial charge is 0.0647 e. The summed E-state index contributed by atoms with van der Waals surface area (Å²) in [4.78, 5) is 0. The van der Waals surface area contributed by atoms with Gasteiger partial charge in [-0.25, -0.2) is 0 Å². The Morgan fingerprint density at radius 2 is 1.59 bits per heavy atom. The van der Waals surface area contributed by atoms with E-state index in [-0.39, 0.29) is 0 Å². The Balaban J connectivity index is 1.57. The molecule has 1 aliphatic heterocycles. The van der Waals surface area contributed by atoms with Crippen molar-refractivity contribution in [1.82, 2.24) is 0 Å². The van der Waals surface area contributed by atoms with E-state index >= 15 is 0 Å². The van der Waals surface area contributed by atoms with Crippen LogP contribution in [0.5, 0.6) is 0 Å². The van der Waals surface area contributed by atoms with Crippen LogP contribution in [0.3, 0.4) is 0 Å². The Kier molecular flexibility index (Phi) is 4.02. The lowest BCUT2D eigenvalue weighted by atomic mass is 9.83. The highest BCUT2D eigenvalue weighted by Crippen LogP contribution is 2.53. The van der Waals surface area contributed by atoms with Gasteiger partial charge in [-0.15, -0.1) is 0 Å². The van der Waals surface area contributed by atoms with Gasteiger partial charge in [0.15, 0.2) is 0 Å². The van der Waals surface area contributed by atoms with Crippen LogP contribution in [-0.2, 0) is 0 Å². The van der Waals surface area contributed by atoms with Gasteiger partial charge in [-0.1, -0.05) is 99.4 Å². The topological polar surface area (TPSA) is 0 Å². The van der Waals surface area contributed by atoms with Crippen LogP contribution in [-0.4, -0.2) is 8.07 Å². The first-order valence-corrected chi connectivity index (χ1v) is 14.1. The number of hydrogen-bond donors (Lipinski definition) is 0. The van der Waals surface area contributed by atoms with E-state index in [1.54, 1.807) is 27.5 Å². The van der Waals surface area contributed by atoms with Gasteiger partial charge in [0.1, 0.15) is 0 Å². The summed E-state index contributed by atoms with van der Waals surface area (Å²) in [6.45, 7) is 9.92. The van der Waals surface area contributed by atoms with E-state index in [0.29, 0.717) is 11.5 Å². The van der Waals surface area contributed by atoms with E-state index < -0.39 is 8.07 Å². The molecule has 0 nitrogen and oxygen atoms in total. The second-order valence-electron chi connectivity index (χ2n) is 9.90. The van der Waals surface area contributed by atoms with Crippen molar-refractivity contribution in [3.05, 3.63) is 58.7 Å². The molecule has 0 radical (unpaired) electrons. The minimum absolute atomic E-state index is 0.648. The van der Waals surface area contributed by atoms with Crippen molar-refractivity contribution in [2.24, 2.45) is 5.92 Å². The van der Waals surface area contributed by atoms with E-state index in [4.69, 9.17) is 0 Å². The van der Waals surface area contributed by atoms with Crippen molar-refractivity contribution < 1.29 is 0 Å². The molecule has 1 saturated carbocycles. The molecule has 1 heterocycles. The van der Waals surface area contributed by atoms with E-state index in [1.165, 1.54) is 43.2 Å². The fourth-order valence-corrected chi connectivity index (χ4v) is 10.2. The molecular weight excluding hydrogens is 340 g/mol. The number of rotatable bonds is 3. The van der Waals surface area contributed by atoms with Gasteiger partial charge in [0.05, 0.1) is 8.07 Å². The van der Waals surface area contributed by atoms with Crippen LogP contribution < -0.4 is 5.19 Å². The average molecular weight is 373 g/mol. The summed E-state index contributed by atoms with van der Waals surface area (Å²) >= 11 is 0. The summed E-state index contributed by atoms with van der Waals surface area (Å²) in [7, 11) is -1.51. The third kappa shape index (κ3) is 2.54. The van der Waals surface area contributed by atoms with Gasteiger partial charge in [0.2, 0.25) is 0 Å². The summed E-state index contributed by atoms with van der Waals surface area (Å²) < 4.78 is 0. The first-order valence-electron chi connectivity index (χ1n) is 11.0. The first kappa shape index (κ1) is 17.5. The zero-order valence-electron chi connectivity index (χ0n) is 17.3. The Morgan fingerprint density at radius 3 is 2.26 bits per heavy atom. The quantitative estimate of drug-likeness (QED) is 0.508. The molecule has 2 aromatic rings. The van der Waals surface area contributed by atoms with Crippen LogP contribution in [0.25, 0.3) is 17.2 Å². The van der Waals surface area contributed by atoms with Gasteiger partial charge in [-0.2, -0.15) is 0 Å². The lowest BCUT2D eigenvalue weighted by Gasteiger charge is -2.29.